The van der Waals surface area contributed by atoms with Crippen LogP contribution in [0.2, 0.25) is 0 Å². The molecule has 0 bridgehead atoms. The van der Waals surface area contributed by atoms with E-state index in [4.69, 9.17) is 5.11 Å². The van der Waals surface area contributed by atoms with E-state index >= 15 is 0 Å². The maximum absolute atomic E-state index is 7.00. The van der Waals surface area contributed by atoms with E-state index in [1.165, 1.54) is 76.2 Å². The lowest BCUT2D eigenvalue weighted by Gasteiger charge is -2.36. The van der Waals surface area contributed by atoms with Gasteiger partial charge in [-0.15, -0.1) is 5.73 Å². The minimum absolute atomic E-state index is 0.608. The Bertz CT molecular complexity index is 983. The number of allylic oxidation sites excluding steroid dienone is 5. The molecule has 1 aromatic rings. The van der Waals surface area contributed by atoms with Gasteiger partial charge >= 0.3 is 0 Å². The van der Waals surface area contributed by atoms with Crippen molar-refractivity contribution in [1.82, 2.24) is 0 Å². The lowest BCUT2D eigenvalue weighted by molar-refractivity contribution is 0.242. The van der Waals surface area contributed by atoms with Gasteiger partial charge in [0.15, 0.2) is 0 Å². The summed E-state index contributed by atoms with van der Waals surface area (Å²) >= 11 is 0. The van der Waals surface area contributed by atoms with Crippen molar-refractivity contribution < 1.29 is 5.11 Å². The van der Waals surface area contributed by atoms with Crippen LogP contribution >= 0.6 is 0 Å². The molecule has 1 aromatic carbocycles. The molecule has 1 fully saturated rings. The molecule has 1 N–H and O–H groups in total. The third kappa shape index (κ3) is 12.2. The molecule has 5 atom stereocenters. The van der Waals surface area contributed by atoms with Crippen LogP contribution in [-0.2, 0) is 0 Å². The first-order chi connectivity index (χ1) is 20.7. The van der Waals surface area contributed by atoms with E-state index in [1.807, 2.05) is 0 Å². The first-order valence-electron chi connectivity index (χ1n) is 18.0. The zero-order valence-electron chi connectivity index (χ0n) is 29.5. The van der Waals surface area contributed by atoms with Crippen molar-refractivity contribution >= 4 is 0 Å². The van der Waals surface area contributed by atoms with E-state index in [1.54, 1.807) is 11.1 Å². The average Bonchev–Trinajstić information content (AvgIpc) is 3.03. The van der Waals surface area contributed by atoms with Gasteiger partial charge in [-0.1, -0.05) is 123 Å². The number of aliphatic hydroxyl groups excluding tert-OH is 1. The quantitative estimate of drug-likeness (QED) is 0.190. The van der Waals surface area contributed by atoms with Gasteiger partial charge in [-0.2, -0.15) is 0 Å². The second-order valence-corrected chi connectivity index (χ2v) is 14.7. The van der Waals surface area contributed by atoms with Crippen LogP contribution in [0.3, 0.4) is 0 Å². The Labute approximate surface area is 268 Å². The lowest BCUT2D eigenvalue weighted by Crippen LogP contribution is -2.23. The summed E-state index contributed by atoms with van der Waals surface area (Å²) < 4.78 is 0. The molecule has 0 saturated heterocycles. The van der Waals surface area contributed by atoms with E-state index in [2.05, 4.69) is 109 Å². The Kier molecular flexibility index (Phi) is 17.6. The summed E-state index contributed by atoms with van der Waals surface area (Å²) in [7, 11) is 1.00. The van der Waals surface area contributed by atoms with E-state index in [-0.39, 0.29) is 0 Å². The molecule has 0 amide bonds. The summed E-state index contributed by atoms with van der Waals surface area (Å²) in [6.45, 7) is 20.9. The van der Waals surface area contributed by atoms with Crippen molar-refractivity contribution in [3.05, 3.63) is 77.6 Å². The lowest BCUT2D eigenvalue weighted by atomic mass is 9.69. The summed E-state index contributed by atoms with van der Waals surface area (Å²) in [5, 5.41) is 7.00. The largest absolute Gasteiger partial charge is 0.400 e. The molecule has 0 aromatic heterocycles. The standard InChI is InChI=1S/C41H64.CH4O/c1-9-11-15-32(7)28-41(31(5)6)35(10-2)29-34-19-21-36(22-20-34)37-23-25-39(26-24-37)40(27-18-33(8)30(3)4)38-16-13-12-14-17-38;1-2/h12-14,16-17,19,21-22,30-34,37,39-41H,2,9,11,15,18,20,23-29H2,1,3-8H3;2H,1H3. The Morgan fingerprint density at radius 1 is 0.907 bits per heavy atom. The molecule has 242 valence electrons. The van der Waals surface area contributed by atoms with E-state index in [9.17, 15) is 0 Å². The van der Waals surface area contributed by atoms with Gasteiger partial charge in [-0.3, -0.25) is 0 Å². The SMILES string of the molecule is C=C=C(CC1C=CC(C2CCC(C(CCC(C)C(C)C)c3ccccc3)CC2)=CC1)C(CC(C)CCCC)C(C)C.CO. The number of aliphatic hydroxyl groups is 1. The highest BCUT2D eigenvalue weighted by atomic mass is 16.2. The number of hydrogen-bond acceptors (Lipinski definition) is 1. The molecular formula is C42H68O. The highest BCUT2D eigenvalue weighted by Gasteiger charge is 2.31. The van der Waals surface area contributed by atoms with Crippen LogP contribution in [0.15, 0.2) is 72.0 Å². The van der Waals surface area contributed by atoms with Gasteiger partial charge in [0.05, 0.1) is 0 Å². The van der Waals surface area contributed by atoms with Crippen LogP contribution in [0.25, 0.3) is 0 Å². The average molecular weight is 589 g/mol. The topological polar surface area (TPSA) is 20.2 Å². The maximum Gasteiger partial charge on any atom is 0.0319 e. The highest BCUT2D eigenvalue weighted by Crippen LogP contribution is 2.44. The van der Waals surface area contributed by atoms with Gasteiger partial charge in [0.1, 0.15) is 0 Å². The normalized spacial score (nSPS) is 23.0. The summed E-state index contributed by atoms with van der Waals surface area (Å²) in [5.41, 5.74) is 8.12. The van der Waals surface area contributed by atoms with Crippen LogP contribution < -0.4 is 0 Å². The molecule has 0 heterocycles. The van der Waals surface area contributed by atoms with Gasteiger partial charge in [0.2, 0.25) is 0 Å². The van der Waals surface area contributed by atoms with Gasteiger partial charge in [0.25, 0.3) is 0 Å². The first kappa shape index (κ1) is 37.4. The number of benzene rings is 1. The molecule has 2 aliphatic carbocycles. The van der Waals surface area contributed by atoms with Crippen molar-refractivity contribution in [2.45, 2.75) is 131 Å². The predicted molar refractivity (Wildman–Crippen MR) is 190 cm³/mol. The zero-order chi connectivity index (χ0) is 31.8. The smallest absolute Gasteiger partial charge is 0.0319 e. The summed E-state index contributed by atoms with van der Waals surface area (Å²) in [6.07, 6.45) is 23.4. The Morgan fingerprint density at radius 2 is 1.58 bits per heavy atom. The molecule has 43 heavy (non-hydrogen) atoms. The first-order valence-corrected chi connectivity index (χ1v) is 18.0. The molecular weight excluding hydrogens is 520 g/mol. The van der Waals surface area contributed by atoms with Crippen molar-refractivity contribution in [3.63, 3.8) is 0 Å². The van der Waals surface area contributed by atoms with Crippen molar-refractivity contribution in [3.8, 4) is 0 Å². The monoisotopic (exact) mass is 589 g/mol. The number of rotatable bonds is 16. The van der Waals surface area contributed by atoms with E-state index in [0.29, 0.717) is 17.8 Å². The third-order valence-corrected chi connectivity index (χ3v) is 11.0. The predicted octanol–water partition coefficient (Wildman–Crippen LogP) is 12.3. The van der Waals surface area contributed by atoms with E-state index in [0.717, 1.165) is 49.0 Å². The third-order valence-electron chi connectivity index (χ3n) is 11.0. The molecule has 1 heteroatoms. The summed E-state index contributed by atoms with van der Waals surface area (Å²) in [5.74, 6) is 6.57. The summed E-state index contributed by atoms with van der Waals surface area (Å²) in [6, 6.07) is 11.5. The van der Waals surface area contributed by atoms with Crippen LogP contribution in [-0.4, -0.2) is 12.2 Å². The fourth-order valence-corrected chi connectivity index (χ4v) is 7.70. The Hall–Kier alpha value is -1.82. The fourth-order valence-electron chi connectivity index (χ4n) is 7.70. The molecule has 0 spiro atoms. The Balaban J connectivity index is 0.00000316. The zero-order valence-corrected chi connectivity index (χ0v) is 29.5. The molecule has 2 aliphatic rings. The van der Waals surface area contributed by atoms with Crippen LogP contribution in [0.5, 0.6) is 0 Å². The highest BCUT2D eigenvalue weighted by molar-refractivity contribution is 5.28. The minimum Gasteiger partial charge on any atom is -0.400 e. The molecule has 0 radical (unpaired) electrons. The molecule has 0 aliphatic heterocycles. The van der Waals surface area contributed by atoms with Crippen LogP contribution in [0.4, 0.5) is 0 Å². The number of hydrogen-bond donors (Lipinski definition) is 1. The molecule has 5 unspecified atom stereocenters. The second kappa shape index (κ2) is 20.3. The molecule has 3 rings (SSSR count). The molecule has 1 saturated carbocycles. The van der Waals surface area contributed by atoms with Crippen molar-refractivity contribution in [1.29, 1.82) is 0 Å². The van der Waals surface area contributed by atoms with Crippen molar-refractivity contribution in [2.75, 3.05) is 7.11 Å². The van der Waals surface area contributed by atoms with Gasteiger partial charge in [-0.05, 0) is 128 Å². The van der Waals surface area contributed by atoms with Crippen LogP contribution in [0, 0.1) is 47.3 Å². The van der Waals surface area contributed by atoms with Gasteiger partial charge in [-0.25, -0.2) is 0 Å². The Morgan fingerprint density at radius 3 is 2.12 bits per heavy atom. The number of unbranched alkanes of at least 4 members (excludes halogenated alkanes) is 1. The second-order valence-electron chi connectivity index (χ2n) is 14.7. The maximum atomic E-state index is 7.00. The van der Waals surface area contributed by atoms with Gasteiger partial charge < -0.3 is 5.11 Å². The molecule has 1 nitrogen and oxygen atoms in total. The summed E-state index contributed by atoms with van der Waals surface area (Å²) in [4.78, 5) is 0. The van der Waals surface area contributed by atoms with Crippen molar-refractivity contribution in [2.24, 2.45) is 47.3 Å². The minimum atomic E-state index is 0.608. The van der Waals surface area contributed by atoms with E-state index < -0.39 is 0 Å². The van der Waals surface area contributed by atoms with Gasteiger partial charge in [0, 0.05) is 7.11 Å². The van der Waals surface area contributed by atoms with Crippen LogP contribution in [0.1, 0.15) is 137 Å². The fraction of sp³-hybridized carbons (Fsp3) is 0.690.